The number of carboxylic acids is 1. The molecule has 0 radical (unpaired) electrons. The molecule has 2 aromatic rings. The SMILES string of the molecule is O=C(O)CCC1CCCN(C(=O)c2cncn2-c2ccccc2)C1. The van der Waals surface area contributed by atoms with Crippen molar-refractivity contribution >= 4 is 11.9 Å². The van der Waals surface area contributed by atoms with E-state index in [4.69, 9.17) is 5.11 Å². The van der Waals surface area contributed by atoms with Crippen molar-refractivity contribution in [1.29, 1.82) is 0 Å². The Labute approximate surface area is 140 Å². The summed E-state index contributed by atoms with van der Waals surface area (Å²) in [6.07, 6.45) is 5.92. The highest BCUT2D eigenvalue weighted by Crippen LogP contribution is 2.23. The number of rotatable bonds is 5. The van der Waals surface area contributed by atoms with Crippen LogP contribution in [0.1, 0.15) is 36.2 Å². The van der Waals surface area contributed by atoms with Crippen LogP contribution in [0.3, 0.4) is 0 Å². The number of amides is 1. The summed E-state index contributed by atoms with van der Waals surface area (Å²) in [7, 11) is 0. The molecule has 1 aliphatic heterocycles. The van der Waals surface area contributed by atoms with Gasteiger partial charge >= 0.3 is 5.97 Å². The molecule has 1 amide bonds. The molecule has 0 bridgehead atoms. The first-order chi connectivity index (χ1) is 11.6. The first kappa shape index (κ1) is 16.2. The predicted octanol–water partition coefficient (Wildman–Crippen LogP) is 2.59. The maximum absolute atomic E-state index is 12.9. The third kappa shape index (κ3) is 3.64. The van der Waals surface area contributed by atoms with Crippen LogP contribution in [0, 0.1) is 5.92 Å². The molecule has 1 fully saturated rings. The van der Waals surface area contributed by atoms with Gasteiger partial charge < -0.3 is 10.0 Å². The molecule has 6 heteroatoms. The minimum atomic E-state index is -0.777. The number of carbonyl (C=O) groups is 2. The van der Waals surface area contributed by atoms with Crippen LogP contribution in [0.15, 0.2) is 42.9 Å². The van der Waals surface area contributed by atoms with Gasteiger partial charge in [-0.05, 0) is 37.3 Å². The predicted molar refractivity (Wildman–Crippen MR) is 89.1 cm³/mol. The highest BCUT2D eigenvalue weighted by Gasteiger charge is 2.26. The van der Waals surface area contributed by atoms with Crippen molar-refractivity contribution in [3.63, 3.8) is 0 Å². The van der Waals surface area contributed by atoms with Crippen molar-refractivity contribution in [2.24, 2.45) is 5.92 Å². The summed E-state index contributed by atoms with van der Waals surface area (Å²) in [6.45, 7) is 1.33. The summed E-state index contributed by atoms with van der Waals surface area (Å²) in [5.74, 6) is -0.566. The van der Waals surface area contributed by atoms with Crippen molar-refractivity contribution in [2.45, 2.75) is 25.7 Å². The lowest BCUT2D eigenvalue weighted by atomic mass is 9.93. The lowest BCUT2D eigenvalue weighted by Gasteiger charge is -2.32. The third-order valence-corrected chi connectivity index (χ3v) is 4.46. The van der Waals surface area contributed by atoms with Gasteiger partial charge in [0.25, 0.3) is 5.91 Å². The number of imidazole rings is 1. The van der Waals surface area contributed by atoms with E-state index in [9.17, 15) is 9.59 Å². The van der Waals surface area contributed by atoms with Gasteiger partial charge in [0, 0.05) is 25.2 Å². The largest absolute Gasteiger partial charge is 0.481 e. The second kappa shape index (κ2) is 7.29. The molecule has 2 heterocycles. The smallest absolute Gasteiger partial charge is 0.303 e. The normalized spacial score (nSPS) is 17.7. The van der Waals surface area contributed by atoms with Crippen LogP contribution in [-0.2, 0) is 4.79 Å². The van der Waals surface area contributed by atoms with E-state index in [2.05, 4.69) is 4.98 Å². The Morgan fingerprint density at radius 1 is 1.25 bits per heavy atom. The van der Waals surface area contributed by atoms with Gasteiger partial charge in [-0.15, -0.1) is 0 Å². The van der Waals surface area contributed by atoms with Crippen molar-refractivity contribution in [2.75, 3.05) is 13.1 Å². The van der Waals surface area contributed by atoms with E-state index in [1.54, 1.807) is 17.1 Å². The van der Waals surface area contributed by atoms with Crippen LogP contribution in [0.25, 0.3) is 5.69 Å². The topological polar surface area (TPSA) is 75.4 Å². The first-order valence-corrected chi connectivity index (χ1v) is 8.24. The summed E-state index contributed by atoms with van der Waals surface area (Å²) in [6, 6.07) is 9.65. The molecule has 1 N–H and O–H groups in total. The van der Waals surface area contributed by atoms with Gasteiger partial charge in [-0.3, -0.25) is 14.2 Å². The van der Waals surface area contributed by atoms with Gasteiger partial charge in [-0.25, -0.2) is 4.98 Å². The summed E-state index contributed by atoms with van der Waals surface area (Å²) in [4.78, 5) is 29.6. The maximum atomic E-state index is 12.9. The van der Waals surface area contributed by atoms with Crippen molar-refractivity contribution in [3.8, 4) is 5.69 Å². The molecule has 1 aliphatic rings. The van der Waals surface area contributed by atoms with Gasteiger partial charge in [0.15, 0.2) is 0 Å². The lowest BCUT2D eigenvalue weighted by molar-refractivity contribution is -0.137. The Kier molecular flexibility index (Phi) is 4.93. The molecule has 24 heavy (non-hydrogen) atoms. The van der Waals surface area contributed by atoms with Crippen molar-refractivity contribution in [3.05, 3.63) is 48.5 Å². The number of benzene rings is 1. The van der Waals surface area contributed by atoms with Gasteiger partial charge in [-0.2, -0.15) is 0 Å². The number of aromatic nitrogens is 2. The minimum absolute atomic E-state index is 0.0450. The van der Waals surface area contributed by atoms with E-state index in [1.807, 2.05) is 35.2 Å². The molecule has 1 saturated heterocycles. The molecule has 126 valence electrons. The van der Waals surface area contributed by atoms with Gasteiger partial charge in [0.2, 0.25) is 0 Å². The second-order valence-electron chi connectivity index (χ2n) is 6.18. The molecule has 1 unspecified atom stereocenters. The Hall–Kier alpha value is -2.63. The van der Waals surface area contributed by atoms with Crippen LogP contribution in [-0.4, -0.2) is 44.5 Å². The Bertz CT molecular complexity index is 711. The Balaban J connectivity index is 1.73. The molecular weight excluding hydrogens is 306 g/mol. The third-order valence-electron chi connectivity index (χ3n) is 4.46. The quantitative estimate of drug-likeness (QED) is 0.916. The summed E-state index contributed by atoms with van der Waals surface area (Å²) in [5.41, 5.74) is 1.44. The zero-order valence-corrected chi connectivity index (χ0v) is 13.5. The van der Waals surface area contributed by atoms with Crippen LogP contribution >= 0.6 is 0 Å². The average molecular weight is 327 g/mol. The summed E-state index contributed by atoms with van der Waals surface area (Å²) < 4.78 is 1.79. The molecule has 1 aromatic heterocycles. The number of carbonyl (C=O) groups excluding carboxylic acids is 1. The number of nitrogens with zero attached hydrogens (tertiary/aromatic N) is 3. The maximum Gasteiger partial charge on any atom is 0.303 e. The average Bonchev–Trinajstić information content (AvgIpc) is 3.10. The molecule has 0 spiro atoms. The molecule has 0 saturated carbocycles. The second-order valence-corrected chi connectivity index (χ2v) is 6.18. The lowest BCUT2D eigenvalue weighted by Crippen LogP contribution is -2.40. The van der Waals surface area contributed by atoms with E-state index in [1.165, 1.54) is 0 Å². The fraction of sp³-hybridized carbons (Fsp3) is 0.389. The standard InChI is InChI=1S/C18H21N3O3/c22-17(23)9-8-14-5-4-10-20(12-14)18(24)16-11-19-13-21(16)15-6-2-1-3-7-15/h1-3,6-7,11,13-14H,4-5,8-10,12H2,(H,22,23). The number of piperidine rings is 1. The number of hydrogen-bond acceptors (Lipinski definition) is 3. The monoisotopic (exact) mass is 327 g/mol. The van der Waals surface area contributed by atoms with E-state index >= 15 is 0 Å². The Morgan fingerprint density at radius 3 is 2.79 bits per heavy atom. The number of hydrogen-bond donors (Lipinski definition) is 1. The van der Waals surface area contributed by atoms with Crippen molar-refractivity contribution in [1.82, 2.24) is 14.5 Å². The van der Waals surface area contributed by atoms with Crippen LogP contribution in [0.5, 0.6) is 0 Å². The Morgan fingerprint density at radius 2 is 2.04 bits per heavy atom. The molecule has 3 rings (SSSR count). The van der Waals surface area contributed by atoms with Gasteiger partial charge in [0.1, 0.15) is 5.69 Å². The van der Waals surface area contributed by atoms with Crippen LogP contribution in [0.4, 0.5) is 0 Å². The molecule has 0 aliphatic carbocycles. The summed E-state index contributed by atoms with van der Waals surface area (Å²) in [5, 5.41) is 8.84. The van der Waals surface area contributed by atoms with Crippen molar-refractivity contribution < 1.29 is 14.7 Å². The molecule has 6 nitrogen and oxygen atoms in total. The molecule has 1 aromatic carbocycles. The van der Waals surface area contributed by atoms with Crippen LogP contribution in [0.2, 0.25) is 0 Å². The van der Waals surface area contributed by atoms with Gasteiger partial charge in [0.05, 0.1) is 12.5 Å². The highest BCUT2D eigenvalue weighted by molar-refractivity contribution is 5.93. The number of carboxylic acid groups (broad SMARTS) is 1. The number of aliphatic carboxylic acids is 1. The van der Waals surface area contributed by atoms with E-state index in [0.29, 0.717) is 25.2 Å². The summed E-state index contributed by atoms with van der Waals surface area (Å²) >= 11 is 0. The van der Waals surface area contributed by atoms with Crippen LogP contribution < -0.4 is 0 Å². The fourth-order valence-corrected chi connectivity index (χ4v) is 3.22. The van der Waals surface area contributed by atoms with E-state index < -0.39 is 5.97 Å². The van der Waals surface area contributed by atoms with E-state index in [0.717, 1.165) is 18.5 Å². The number of para-hydroxylation sites is 1. The molecule has 1 atom stereocenters. The van der Waals surface area contributed by atoms with E-state index in [-0.39, 0.29) is 18.2 Å². The van der Waals surface area contributed by atoms with Gasteiger partial charge in [-0.1, -0.05) is 18.2 Å². The number of likely N-dealkylation sites (tertiary alicyclic amines) is 1. The molecular formula is C18H21N3O3. The first-order valence-electron chi connectivity index (χ1n) is 8.24. The zero-order chi connectivity index (χ0) is 16.9. The highest BCUT2D eigenvalue weighted by atomic mass is 16.4. The fourth-order valence-electron chi connectivity index (χ4n) is 3.22. The minimum Gasteiger partial charge on any atom is -0.481 e. The zero-order valence-electron chi connectivity index (χ0n) is 13.5.